The number of nitrogens with zero attached hydrogens (tertiary/aromatic N) is 2. The molecule has 2 atom stereocenters. The van der Waals surface area contributed by atoms with Crippen LogP contribution in [0.3, 0.4) is 0 Å². The van der Waals surface area contributed by atoms with E-state index in [1.807, 2.05) is 25.1 Å². The zero-order valence-electron chi connectivity index (χ0n) is 18.9. The Hall–Kier alpha value is -2.32. The number of nitrogens with one attached hydrogen (secondary N) is 2. The molecule has 9 heteroatoms. The normalized spacial score (nSPS) is 20.1. The van der Waals surface area contributed by atoms with E-state index in [0.717, 1.165) is 55.1 Å². The summed E-state index contributed by atoms with van der Waals surface area (Å²) in [6.07, 6.45) is -0.506. The van der Waals surface area contributed by atoms with E-state index in [-0.39, 0.29) is 42.8 Å². The molecule has 0 aromatic heterocycles. The Bertz CT molecular complexity index is 965. The Labute approximate surface area is 207 Å². The van der Waals surface area contributed by atoms with E-state index in [0.29, 0.717) is 6.42 Å². The molecule has 7 nitrogen and oxygen atoms in total. The number of fused-ring (bicyclic) bond motifs is 1. The van der Waals surface area contributed by atoms with Gasteiger partial charge in [-0.25, -0.2) is 4.79 Å². The zero-order chi connectivity index (χ0) is 22.0. The Kier molecular flexibility index (Phi) is 9.55. The molecule has 33 heavy (non-hydrogen) atoms. The average Bonchev–Trinajstić information content (AvgIpc) is 2.74. The van der Waals surface area contributed by atoms with E-state index in [9.17, 15) is 14.7 Å². The van der Waals surface area contributed by atoms with Crippen LogP contribution in [0.5, 0.6) is 0 Å². The van der Waals surface area contributed by atoms with Gasteiger partial charge in [-0.1, -0.05) is 30.3 Å². The van der Waals surface area contributed by atoms with E-state index in [4.69, 9.17) is 0 Å². The van der Waals surface area contributed by atoms with Crippen molar-refractivity contribution >= 4 is 42.5 Å². The maximum Gasteiger partial charge on any atom is 0.405 e. The summed E-state index contributed by atoms with van der Waals surface area (Å²) in [4.78, 5) is 27.8. The second kappa shape index (κ2) is 11.7. The van der Waals surface area contributed by atoms with Gasteiger partial charge in [0.05, 0.1) is 6.04 Å². The summed E-state index contributed by atoms with van der Waals surface area (Å²) in [5.41, 5.74) is 5.00. The number of hydrogen-bond donors (Lipinski definition) is 3. The summed E-state index contributed by atoms with van der Waals surface area (Å²) >= 11 is 0. The fraction of sp³-hybridized carbons (Fsp3) is 0.417. The van der Waals surface area contributed by atoms with Gasteiger partial charge in [0.1, 0.15) is 0 Å². The summed E-state index contributed by atoms with van der Waals surface area (Å²) in [6, 6.07) is 14.1. The fourth-order valence-corrected chi connectivity index (χ4v) is 4.74. The van der Waals surface area contributed by atoms with Crippen LogP contribution in [0.2, 0.25) is 0 Å². The van der Waals surface area contributed by atoms with E-state index in [1.165, 1.54) is 5.56 Å². The summed E-state index contributed by atoms with van der Waals surface area (Å²) in [5, 5.41) is 15.3. The standard InChI is InChI=1S/C24H30N4O3.2ClH/c1-16-13-22(26-24(30)31)21-14-20(7-8-23(21)28(16)17(2)29)19-5-3-18(4-6-19)15-27-11-9-25-10-12-27;;/h3-8,14,16,22,25-26H,9-13,15H2,1-2H3,(H,30,31);2*1H/t16-,22+;;/m1../s1. The Morgan fingerprint density at radius 1 is 1.06 bits per heavy atom. The highest BCUT2D eigenvalue weighted by Crippen LogP contribution is 2.39. The van der Waals surface area contributed by atoms with Crippen molar-refractivity contribution in [1.82, 2.24) is 15.5 Å². The van der Waals surface area contributed by atoms with Crippen LogP contribution >= 0.6 is 24.8 Å². The first-order chi connectivity index (χ1) is 14.9. The van der Waals surface area contributed by atoms with Gasteiger partial charge in [0.15, 0.2) is 0 Å². The van der Waals surface area contributed by atoms with Crippen LogP contribution in [-0.4, -0.2) is 54.2 Å². The van der Waals surface area contributed by atoms with Gasteiger partial charge >= 0.3 is 6.09 Å². The molecule has 0 unspecified atom stereocenters. The molecule has 4 rings (SSSR count). The van der Waals surface area contributed by atoms with Crippen LogP contribution in [0.1, 0.15) is 37.4 Å². The topological polar surface area (TPSA) is 84.9 Å². The highest BCUT2D eigenvalue weighted by atomic mass is 35.5. The monoisotopic (exact) mass is 494 g/mol. The number of anilines is 1. The zero-order valence-corrected chi connectivity index (χ0v) is 20.5. The SMILES string of the molecule is CC(=O)N1c2ccc(-c3ccc(CN4CCNCC4)cc3)cc2[C@@H](NC(=O)O)C[C@H]1C.Cl.Cl. The van der Waals surface area contributed by atoms with E-state index >= 15 is 0 Å². The summed E-state index contributed by atoms with van der Waals surface area (Å²) in [7, 11) is 0. The largest absolute Gasteiger partial charge is 0.465 e. The Balaban J connectivity index is 0.00000193. The molecule has 0 bridgehead atoms. The van der Waals surface area contributed by atoms with Crippen molar-refractivity contribution in [2.45, 2.75) is 38.9 Å². The fourth-order valence-electron chi connectivity index (χ4n) is 4.74. The third-order valence-electron chi connectivity index (χ3n) is 6.22. The van der Waals surface area contributed by atoms with Gasteiger partial charge in [-0.3, -0.25) is 9.69 Å². The van der Waals surface area contributed by atoms with Crippen LogP contribution < -0.4 is 15.5 Å². The molecule has 2 aromatic carbocycles. The summed E-state index contributed by atoms with van der Waals surface area (Å²) in [5.74, 6) is -0.0347. The second-order valence-corrected chi connectivity index (χ2v) is 8.47. The van der Waals surface area contributed by atoms with Crippen LogP contribution in [0.25, 0.3) is 11.1 Å². The third-order valence-corrected chi connectivity index (χ3v) is 6.22. The smallest absolute Gasteiger partial charge is 0.405 e. The molecule has 0 saturated carbocycles. The Morgan fingerprint density at radius 2 is 1.70 bits per heavy atom. The minimum absolute atomic E-state index is 0. The lowest BCUT2D eigenvalue weighted by atomic mass is 9.89. The predicted molar refractivity (Wildman–Crippen MR) is 136 cm³/mol. The summed E-state index contributed by atoms with van der Waals surface area (Å²) in [6.45, 7) is 8.65. The van der Waals surface area contributed by atoms with Gasteiger partial charge in [0.2, 0.25) is 5.91 Å². The molecule has 2 amide bonds. The van der Waals surface area contributed by atoms with Gasteiger partial charge in [-0.05, 0) is 47.7 Å². The van der Waals surface area contributed by atoms with Crippen molar-refractivity contribution in [3.8, 4) is 11.1 Å². The molecular formula is C24H32Cl2N4O3. The number of benzene rings is 2. The van der Waals surface area contributed by atoms with E-state index in [2.05, 4.69) is 39.8 Å². The Morgan fingerprint density at radius 3 is 2.30 bits per heavy atom. The third kappa shape index (κ3) is 6.18. The first-order valence-corrected chi connectivity index (χ1v) is 10.9. The van der Waals surface area contributed by atoms with Gasteiger partial charge in [-0.2, -0.15) is 0 Å². The molecule has 1 saturated heterocycles. The van der Waals surface area contributed by atoms with Crippen LogP contribution in [0.4, 0.5) is 10.5 Å². The molecule has 2 heterocycles. The lowest BCUT2D eigenvalue weighted by Gasteiger charge is -2.39. The van der Waals surface area contributed by atoms with Gasteiger partial charge < -0.3 is 20.6 Å². The highest BCUT2D eigenvalue weighted by molar-refractivity contribution is 5.94. The van der Waals surface area contributed by atoms with Gasteiger partial charge in [0, 0.05) is 51.4 Å². The maximum absolute atomic E-state index is 12.2. The highest BCUT2D eigenvalue weighted by Gasteiger charge is 2.33. The molecule has 1 fully saturated rings. The van der Waals surface area contributed by atoms with E-state index < -0.39 is 6.09 Å². The molecular weight excluding hydrogens is 463 g/mol. The molecule has 180 valence electrons. The van der Waals surface area contributed by atoms with Crippen molar-refractivity contribution in [1.29, 1.82) is 0 Å². The lowest BCUT2D eigenvalue weighted by molar-refractivity contribution is -0.117. The van der Waals surface area contributed by atoms with Gasteiger partial charge in [0.25, 0.3) is 0 Å². The van der Waals surface area contributed by atoms with Crippen molar-refractivity contribution in [2.24, 2.45) is 0 Å². The first-order valence-electron chi connectivity index (χ1n) is 10.9. The van der Waals surface area contributed by atoms with Crippen LogP contribution in [0, 0.1) is 0 Å². The van der Waals surface area contributed by atoms with E-state index in [1.54, 1.807) is 11.8 Å². The first kappa shape index (κ1) is 26.9. The van der Waals surface area contributed by atoms with Crippen LogP contribution in [0.15, 0.2) is 42.5 Å². The number of carboxylic acid groups (broad SMARTS) is 1. The number of carbonyl (C=O) groups is 2. The quantitative estimate of drug-likeness (QED) is 0.596. The minimum atomic E-state index is -1.05. The molecule has 0 aliphatic carbocycles. The molecule has 0 radical (unpaired) electrons. The number of hydrogen-bond acceptors (Lipinski definition) is 4. The number of carbonyl (C=O) groups excluding carboxylic acids is 1. The van der Waals surface area contributed by atoms with Crippen LogP contribution in [-0.2, 0) is 11.3 Å². The number of piperazine rings is 1. The number of rotatable bonds is 4. The van der Waals surface area contributed by atoms with Crippen molar-refractivity contribution in [3.63, 3.8) is 0 Å². The second-order valence-electron chi connectivity index (χ2n) is 8.47. The molecule has 0 spiro atoms. The molecule has 2 aliphatic rings. The predicted octanol–water partition coefficient (Wildman–Crippen LogP) is 4.06. The number of halogens is 2. The lowest BCUT2D eigenvalue weighted by Crippen LogP contribution is -2.45. The van der Waals surface area contributed by atoms with Crippen molar-refractivity contribution < 1.29 is 14.7 Å². The van der Waals surface area contributed by atoms with Crippen molar-refractivity contribution in [2.75, 3.05) is 31.1 Å². The maximum atomic E-state index is 12.2. The molecule has 2 aliphatic heterocycles. The summed E-state index contributed by atoms with van der Waals surface area (Å²) < 4.78 is 0. The average molecular weight is 495 g/mol. The molecule has 3 N–H and O–H groups in total. The minimum Gasteiger partial charge on any atom is -0.465 e. The van der Waals surface area contributed by atoms with Gasteiger partial charge in [-0.15, -0.1) is 24.8 Å². The van der Waals surface area contributed by atoms with Crippen molar-refractivity contribution in [3.05, 3.63) is 53.6 Å². The molecule has 2 aromatic rings. The number of amides is 2.